The van der Waals surface area contributed by atoms with Gasteiger partial charge in [0.25, 0.3) is 0 Å². The minimum absolute atomic E-state index is 0.0308. The first-order chi connectivity index (χ1) is 14.7. The Kier molecular flexibility index (Phi) is 5.42. The third-order valence-corrected chi connectivity index (χ3v) is 5.37. The fourth-order valence-electron chi connectivity index (χ4n) is 3.85. The van der Waals surface area contributed by atoms with Gasteiger partial charge in [-0.2, -0.15) is 23.1 Å². The second-order valence-electron chi connectivity index (χ2n) is 7.59. The van der Waals surface area contributed by atoms with Crippen LogP contribution in [-0.2, 0) is 15.8 Å². The first-order valence-corrected chi connectivity index (χ1v) is 9.92. The fourth-order valence-corrected chi connectivity index (χ4v) is 3.85. The number of nitrogens with zero attached hydrogens (tertiary/aromatic N) is 3. The largest absolute Gasteiger partial charge is 0.416 e. The van der Waals surface area contributed by atoms with Crippen LogP contribution in [0.4, 0.5) is 36.4 Å². The van der Waals surface area contributed by atoms with E-state index < -0.39 is 29.5 Å². The molecule has 0 spiro atoms. The van der Waals surface area contributed by atoms with Crippen molar-refractivity contribution >= 4 is 35.1 Å². The lowest BCUT2D eigenvalue weighted by atomic mass is 9.91. The van der Waals surface area contributed by atoms with Crippen LogP contribution in [0.1, 0.15) is 42.7 Å². The standard InChI is InChI=1S/C20H21F3N6O2/c21-20(22,23)11-5-4-6-12(9-11)25-18(31)13-10-14(30)26-17-15(13)16(24)27-19(28-17)29-7-2-1-3-8-29/h4-6,9,13H,1-3,7-8,10H2,(H,25,31)(H3,24,26,27,28,30)/t13-/m1/s1. The average molecular weight is 434 g/mol. The van der Waals surface area contributed by atoms with E-state index in [9.17, 15) is 22.8 Å². The minimum atomic E-state index is -4.54. The predicted molar refractivity (Wildman–Crippen MR) is 109 cm³/mol. The van der Waals surface area contributed by atoms with Gasteiger partial charge in [-0.3, -0.25) is 9.59 Å². The van der Waals surface area contributed by atoms with Crippen LogP contribution in [0.5, 0.6) is 0 Å². The van der Waals surface area contributed by atoms with Crippen LogP contribution >= 0.6 is 0 Å². The molecular weight excluding hydrogens is 413 g/mol. The third-order valence-electron chi connectivity index (χ3n) is 5.37. The molecule has 0 bridgehead atoms. The summed E-state index contributed by atoms with van der Waals surface area (Å²) < 4.78 is 38.8. The molecule has 31 heavy (non-hydrogen) atoms. The van der Waals surface area contributed by atoms with Crippen molar-refractivity contribution in [2.45, 2.75) is 37.8 Å². The van der Waals surface area contributed by atoms with Gasteiger partial charge >= 0.3 is 6.18 Å². The monoisotopic (exact) mass is 434 g/mol. The smallest absolute Gasteiger partial charge is 0.383 e. The van der Waals surface area contributed by atoms with Crippen molar-refractivity contribution < 1.29 is 22.8 Å². The second kappa shape index (κ2) is 8.05. The lowest BCUT2D eigenvalue weighted by molar-refractivity contribution is -0.137. The average Bonchev–Trinajstić information content (AvgIpc) is 2.73. The van der Waals surface area contributed by atoms with Gasteiger partial charge in [0, 0.05) is 25.2 Å². The van der Waals surface area contributed by atoms with Gasteiger partial charge in [0.15, 0.2) is 0 Å². The molecule has 1 atom stereocenters. The number of anilines is 4. The fraction of sp³-hybridized carbons (Fsp3) is 0.400. The number of benzene rings is 1. The zero-order valence-corrected chi connectivity index (χ0v) is 16.5. The van der Waals surface area contributed by atoms with Gasteiger partial charge in [0.05, 0.1) is 17.0 Å². The van der Waals surface area contributed by atoms with E-state index in [0.717, 1.165) is 44.5 Å². The number of aromatic nitrogens is 2. The number of carbonyl (C=O) groups is 2. The second-order valence-corrected chi connectivity index (χ2v) is 7.59. The van der Waals surface area contributed by atoms with Crippen LogP contribution in [-0.4, -0.2) is 34.9 Å². The molecule has 8 nitrogen and oxygen atoms in total. The van der Waals surface area contributed by atoms with Gasteiger partial charge in [-0.1, -0.05) is 6.07 Å². The first-order valence-electron chi connectivity index (χ1n) is 9.92. The number of alkyl halides is 3. The van der Waals surface area contributed by atoms with Gasteiger partial charge in [-0.15, -0.1) is 0 Å². The Hall–Kier alpha value is -3.37. The van der Waals surface area contributed by atoms with E-state index in [1.54, 1.807) is 0 Å². The lowest BCUT2D eigenvalue weighted by Crippen LogP contribution is -2.35. The summed E-state index contributed by atoms with van der Waals surface area (Å²) in [6, 6.07) is 4.28. The number of nitrogen functional groups attached to an aromatic ring is 1. The van der Waals surface area contributed by atoms with Gasteiger partial charge < -0.3 is 21.3 Å². The van der Waals surface area contributed by atoms with E-state index in [-0.39, 0.29) is 29.3 Å². The van der Waals surface area contributed by atoms with Gasteiger partial charge in [-0.25, -0.2) is 0 Å². The number of carbonyl (C=O) groups excluding carboxylic acids is 2. The number of fused-ring (bicyclic) bond motifs is 1. The number of hydrogen-bond donors (Lipinski definition) is 3. The summed E-state index contributed by atoms with van der Waals surface area (Å²) in [6.07, 6.45) is -1.65. The summed E-state index contributed by atoms with van der Waals surface area (Å²) in [5.74, 6) is -1.50. The van der Waals surface area contributed by atoms with E-state index in [1.165, 1.54) is 12.1 Å². The van der Waals surface area contributed by atoms with E-state index in [2.05, 4.69) is 20.6 Å². The number of rotatable bonds is 3. The highest BCUT2D eigenvalue weighted by molar-refractivity contribution is 6.05. The van der Waals surface area contributed by atoms with E-state index in [0.29, 0.717) is 5.95 Å². The van der Waals surface area contributed by atoms with Crippen LogP contribution in [0.25, 0.3) is 0 Å². The molecule has 2 aromatic rings. The quantitative estimate of drug-likeness (QED) is 0.684. The third kappa shape index (κ3) is 4.39. The van der Waals surface area contributed by atoms with Crippen molar-refractivity contribution in [3.8, 4) is 0 Å². The highest BCUT2D eigenvalue weighted by Crippen LogP contribution is 2.37. The lowest BCUT2D eigenvalue weighted by Gasteiger charge is -2.30. The summed E-state index contributed by atoms with van der Waals surface area (Å²) in [6.45, 7) is 1.54. The molecule has 2 amide bonds. The Bertz CT molecular complexity index is 1020. The Morgan fingerprint density at radius 2 is 1.94 bits per heavy atom. The Balaban J connectivity index is 1.62. The Morgan fingerprint density at radius 1 is 1.19 bits per heavy atom. The van der Waals surface area contributed by atoms with Crippen LogP contribution in [0.15, 0.2) is 24.3 Å². The number of hydrogen-bond acceptors (Lipinski definition) is 6. The molecule has 0 saturated carbocycles. The van der Waals surface area contributed by atoms with Crippen molar-refractivity contribution in [1.82, 2.24) is 9.97 Å². The SMILES string of the molecule is Nc1nc(N2CCCCC2)nc2c1[C@H](C(=O)Nc1cccc(C(F)(F)F)c1)CC(=O)N2. The number of halogens is 3. The molecule has 11 heteroatoms. The van der Waals surface area contributed by atoms with Crippen molar-refractivity contribution in [3.63, 3.8) is 0 Å². The maximum Gasteiger partial charge on any atom is 0.416 e. The summed E-state index contributed by atoms with van der Waals surface area (Å²) >= 11 is 0. The molecule has 1 aromatic carbocycles. The molecule has 2 aliphatic rings. The van der Waals surface area contributed by atoms with E-state index in [4.69, 9.17) is 5.73 Å². The maximum atomic E-state index is 12.9. The molecule has 1 aromatic heterocycles. The van der Waals surface area contributed by atoms with Gasteiger partial charge in [0.2, 0.25) is 17.8 Å². The molecule has 0 unspecified atom stereocenters. The Labute approximate surface area is 176 Å². The summed E-state index contributed by atoms with van der Waals surface area (Å²) in [7, 11) is 0. The van der Waals surface area contributed by atoms with Gasteiger partial charge in [0.1, 0.15) is 11.6 Å². The van der Waals surface area contributed by atoms with Crippen LogP contribution < -0.4 is 21.3 Å². The van der Waals surface area contributed by atoms with Crippen molar-refractivity contribution in [3.05, 3.63) is 35.4 Å². The summed E-state index contributed by atoms with van der Waals surface area (Å²) in [5.41, 5.74) is 5.49. The molecule has 0 radical (unpaired) electrons. The molecular formula is C20H21F3N6O2. The molecule has 164 valence electrons. The topological polar surface area (TPSA) is 113 Å². The highest BCUT2D eigenvalue weighted by atomic mass is 19.4. The predicted octanol–water partition coefficient (Wildman–Crippen LogP) is 3.13. The zero-order valence-electron chi connectivity index (χ0n) is 16.5. The molecule has 4 rings (SSSR count). The van der Waals surface area contributed by atoms with Crippen molar-refractivity contribution in [2.24, 2.45) is 0 Å². The number of nitrogens with two attached hydrogens (primary N) is 1. The van der Waals surface area contributed by atoms with Crippen molar-refractivity contribution in [2.75, 3.05) is 34.4 Å². The number of piperidine rings is 1. The molecule has 1 saturated heterocycles. The molecule has 4 N–H and O–H groups in total. The van der Waals surface area contributed by atoms with Crippen LogP contribution in [0.2, 0.25) is 0 Å². The van der Waals surface area contributed by atoms with Gasteiger partial charge in [-0.05, 0) is 37.5 Å². The number of amides is 2. The molecule has 2 aliphatic heterocycles. The maximum absolute atomic E-state index is 12.9. The Morgan fingerprint density at radius 3 is 2.65 bits per heavy atom. The van der Waals surface area contributed by atoms with E-state index in [1.807, 2.05) is 4.90 Å². The molecule has 3 heterocycles. The molecule has 0 aliphatic carbocycles. The number of nitrogens with one attached hydrogen (secondary N) is 2. The first kappa shape index (κ1) is 20.9. The molecule has 1 fully saturated rings. The summed E-state index contributed by atoms with van der Waals surface area (Å²) in [5, 5.41) is 5.08. The highest BCUT2D eigenvalue weighted by Gasteiger charge is 2.36. The zero-order chi connectivity index (χ0) is 22.2. The van der Waals surface area contributed by atoms with E-state index >= 15 is 0 Å². The van der Waals surface area contributed by atoms with Crippen LogP contribution in [0, 0.1) is 0 Å². The minimum Gasteiger partial charge on any atom is -0.383 e. The van der Waals surface area contributed by atoms with Crippen LogP contribution in [0.3, 0.4) is 0 Å². The van der Waals surface area contributed by atoms with Crippen molar-refractivity contribution in [1.29, 1.82) is 0 Å². The summed E-state index contributed by atoms with van der Waals surface area (Å²) in [4.78, 5) is 35.8. The normalized spacial score (nSPS) is 18.9.